The molecule has 72 heavy (non-hydrogen) atoms. The first-order chi connectivity index (χ1) is 35.2. The van der Waals surface area contributed by atoms with Crippen molar-refractivity contribution in [2.45, 2.75) is 94.2 Å². The molecule has 6 atom stereocenters. The summed E-state index contributed by atoms with van der Waals surface area (Å²) in [6.07, 6.45) is 11.6. The van der Waals surface area contributed by atoms with Crippen molar-refractivity contribution in [3.8, 4) is 34.3 Å². The van der Waals surface area contributed by atoms with Gasteiger partial charge in [0, 0.05) is 18.1 Å². The number of benzene rings is 3. The van der Waals surface area contributed by atoms with E-state index in [4.69, 9.17) is 14.2 Å². The number of ether oxygens (including phenoxy) is 3. The lowest BCUT2D eigenvalue weighted by molar-refractivity contribution is 0.181. The molecule has 3 saturated carbocycles. The van der Waals surface area contributed by atoms with Crippen LogP contribution in [-0.2, 0) is 0 Å². The molecule has 3 aliphatic carbocycles. The number of fused-ring (bicyclic) bond motifs is 3. The zero-order valence-electron chi connectivity index (χ0n) is 39.8. The number of nitrogens with one attached hydrogen (secondary N) is 3. The maximum absolute atomic E-state index is 9.64. The third-order valence-electron chi connectivity index (χ3n) is 12.7. The average molecular weight is 979 g/mol. The molecule has 0 unspecified atom stereocenters. The number of rotatable bonds is 12. The molecular weight excluding hydrogens is 925 g/mol. The van der Waals surface area contributed by atoms with Gasteiger partial charge in [0.05, 0.1) is 75.3 Å². The van der Waals surface area contributed by atoms with Crippen LogP contribution in [0.2, 0.25) is 0 Å². The Hall–Kier alpha value is -8.22. The Morgan fingerprint density at radius 3 is 0.931 bits per heavy atom. The number of nitrogens with zero attached hydrogens (tertiary/aromatic N) is 15. The molecule has 24 heteroatoms. The molecule has 12 rings (SSSR count). The Morgan fingerprint density at radius 1 is 0.417 bits per heavy atom. The van der Waals surface area contributed by atoms with Crippen molar-refractivity contribution >= 4 is 51.3 Å². The number of methoxy groups -OCH3 is 3. The van der Waals surface area contributed by atoms with Gasteiger partial charge in [0.2, 0.25) is 17.8 Å². The van der Waals surface area contributed by atoms with Gasteiger partial charge in [-0.15, -0.1) is 15.3 Å². The Morgan fingerprint density at radius 2 is 0.694 bits per heavy atom. The van der Waals surface area contributed by atoms with E-state index in [0.717, 1.165) is 92.1 Å². The monoisotopic (exact) mass is 978 g/mol. The highest BCUT2D eigenvalue weighted by atomic mass is 16.5. The van der Waals surface area contributed by atoms with Crippen LogP contribution in [0.15, 0.2) is 91.4 Å². The van der Waals surface area contributed by atoms with Crippen molar-refractivity contribution in [1.82, 2.24) is 74.9 Å². The average Bonchev–Trinajstić information content (AvgIpc) is 4.30. The van der Waals surface area contributed by atoms with Crippen LogP contribution in [0.5, 0.6) is 17.2 Å². The zero-order chi connectivity index (χ0) is 49.6. The highest BCUT2D eigenvalue weighted by molar-refractivity contribution is 5.74. The van der Waals surface area contributed by atoms with E-state index in [2.05, 4.69) is 76.8 Å². The lowest BCUT2D eigenvalue weighted by atomic mass is 10.2. The van der Waals surface area contributed by atoms with Crippen molar-refractivity contribution in [3.05, 3.63) is 91.4 Å². The van der Waals surface area contributed by atoms with Gasteiger partial charge in [-0.2, -0.15) is 29.0 Å². The molecule has 6 heterocycles. The smallest absolute Gasteiger partial charge is 0.225 e. The van der Waals surface area contributed by atoms with Gasteiger partial charge in [-0.3, -0.25) is 0 Å². The molecule has 0 amide bonds. The lowest BCUT2D eigenvalue weighted by Crippen LogP contribution is -2.18. The van der Waals surface area contributed by atoms with Crippen molar-refractivity contribution in [2.75, 3.05) is 37.3 Å². The Balaban J connectivity index is 0.000000124. The van der Waals surface area contributed by atoms with E-state index in [9.17, 15) is 15.3 Å². The van der Waals surface area contributed by atoms with Crippen molar-refractivity contribution in [1.29, 1.82) is 0 Å². The molecule has 0 spiro atoms. The molecule has 24 nitrogen and oxygen atoms in total. The highest BCUT2D eigenvalue weighted by Gasteiger charge is 2.26. The van der Waals surface area contributed by atoms with E-state index in [0.29, 0.717) is 51.3 Å². The number of hydrogen-bond donors (Lipinski definition) is 6. The lowest BCUT2D eigenvalue weighted by Gasteiger charge is -2.11. The zero-order valence-corrected chi connectivity index (χ0v) is 39.8. The van der Waals surface area contributed by atoms with E-state index >= 15 is 0 Å². The largest absolute Gasteiger partial charge is 0.497 e. The van der Waals surface area contributed by atoms with Crippen LogP contribution in [0.4, 0.5) is 17.8 Å². The number of hydrogen-bond acceptors (Lipinski definition) is 21. The van der Waals surface area contributed by atoms with Crippen LogP contribution in [-0.4, -0.2) is 148 Å². The quantitative estimate of drug-likeness (QED) is 0.0972. The third-order valence-corrected chi connectivity index (χ3v) is 12.7. The maximum Gasteiger partial charge on any atom is 0.225 e. The summed E-state index contributed by atoms with van der Waals surface area (Å²) in [6.45, 7) is 0. The summed E-state index contributed by atoms with van der Waals surface area (Å²) >= 11 is 0. The van der Waals surface area contributed by atoms with E-state index in [1.165, 1.54) is 0 Å². The van der Waals surface area contributed by atoms with E-state index in [-0.39, 0.29) is 36.4 Å². The molecule has 0 radical (unpaired) electrons. The van der Waals surface area contributed by atoms with Crippen LogP contribution in [0.25, 0.3) is 50.6 Å². The van der Waals surface area contributed by atoms with Crippen LogP contribution >= 0.6 is 0 Å². The summed E-state index contributed by atoms with van der Waals surface area (Å²) in [6, 6.07) is 23.2. The second kappa shape index (κ2) is 21.4. The van der Waals surface area contributed by atoms with Gasteiger partial charge in [0.15, 0.2) is 33.5 Å². The molecule has 372 valence electrons. The summed E-state index contributed by atoms with van der Waals surface area (Å²) in [5.41, 5.74) is 6.33. The molecule has 0 saturated heterocycles. The molecule has 3 aromatic carbocycles. The van der Waals surface area contributed by atoms with Gasteiger partial charge >= 0.3 is 0 Å². The van der Waals surface area contributed by atoms with Gasteiger partial charge in [0.1, 0.15) is 17.2 Å². The first-order valence-corrected chi connectivity index (χ1v) is 23.7. The summed E-state index contributed by atoms with van der Waals surface area (Å²) in [5, 5.41) is 63.6. The molecule has 0 aliphatic heterocycles. The minimum Gasteiger partial charge on any atom is -0.497 e. The summed E-state index contributed by atoms with van der Waals surface area (Å²) in [4.78, 5) is 26.5. The van der Waals surface area contributed by atoms with Gasteiger partial charge in [-0.1, -0.05) is 15.6 Å². The maximum atomic E-state index is 9.64. The molecular formula is C48H54N18O6. The third kappa shape index (κ3) is 10.9. The molecule has 6 aromatic heterocycles. The fourth-order valence-corrected chi connectivity index (χ4v) is 8.90. The SMILES string of the molecule is COc1ccc(-n2nnc3cnc(N[C@@H]4CC[C@@H](O)C4)nc32)cc1.COc1ccc(-n2nnc3cnc(N[C@H]4CC[C@H](O)C4)nc32)cc1.COc1ccc(-n2nnc3cnc(N[C@H]4CC[C@H](O)C4)nc32)cc1. The van der Waals surface area contributed by atoms with Crippen LogP contribution in [0, 0.1) is 0 Å². The van der Waals surface area contributed by atoms with Crippen molar-refractivity contribution < 1.29 is 29.5 Å². The number of aliphatic hydroxyl groups is 3. The first-order valence-electron chi connectivity index (χ1n) is 23.7. The number of aromatic nitrogens is 15. The van der Waals surface area contributed by atoms with Crippen molar-refractivity contribution in [2.24, 2.45) is 0 Å². The standard InChI is InChI=1S/3C16H18N6O2/c3*1-24-13-6-3-11(4-7-13)22-15-14(20-21-22)9-17-16(19-15)18-10-2-5-12(23)8-10/h3*3-4,6-7,9-10,12,23H,2,5,8H2,1H3,(H,17,18,19)/t3*10-,12-/m100/s1. The molecule has 6 N–H and O–H groups in total. The summed E-state index contributed by atoms with van der Waals surface area (Å²) < 4.78 is 20.5. The van der Waals surface area contributed by atoms with Gasteiger partial charge in [-0.05, 0) is 131 Å². The van der Waals surface area contributed by atoms with Gasteiger partial charge in [-0.25, -0.2) is 15.0 Å². The van der Waals surface area contributed by atoms with Gasteiger partial charge < -0.3 is 45.5 Å². The minimum atomic E-state index is -0.238. The normalized spacial score (nSPS) is 20.4. The Labute approximate surface area is 411 Å². The molecule has 0 bridgehead atoms. The fourth-order valence-electron chi connectivity index (χ4n) is 8.90. The molecule has 9 aromatic rings. The van der Waals surface area contributed by atoms with Crippen LogP contribution in [0.3, 0.4) is 0 Å². The van der Waals surface area contributed by atoms with Gasteiger partial charge in [0.25, 0.3) is 0 Å². The topological polar surface area (TPSA) is 294 Å². The molecule has 3 aliphatic rings. The number of aliphatic hydroxyl groups excluding tert-OH is 3. The highest BCUT2D eigenvalue weighted by Crippen LogP contribution is 2.27. The first kappa shape index (κ1) is 47.5. The van der Waals surface area contributed by atoms with Crippen LogP contribution in [0.1, 0.15) is 57.8 Å². The molecule has 3 fully saturated rings. The van der Waals surface area contributed by atoms with E-state index in [1.807, 2.05) is 72.8 Å². The predicted octanol–water partition coefficient (Wildman–Crippen LogP) is 4.63. The Kier molecular flexibility index (Phi) is 14.1. The predicted molar refractivity (Wildman–Crippen MR) is 265 cm³/mol. The fraction of sp³-hybridized carbons (Fsp3) is 0.375. The minimum absolute atomic E-state index is 0.197. The second-order valence-electron chi connectivity index (χ2n) is 17.7. The van der Waals surface area contributed by atoms with Crippen molar-refractivity contribution in [3.63, 3.8) is 0 Å². The summed E-state index contributed by atoms with van der Waals surface area (Å²) in [7, 11) is 4.89. The van der Waals surface area contributed by atoms with Crippen LogP contribution < -0.4 is 30.2 Å². The summed E-state index contributed by atoms with van der Waals surface area (Å²) in [5.74, 6) is 3.91. The van der Waals surface area contributed by atoms with E-state index in [1.54, 1.807) is 54.0 Å². The Bertz CT molecular complexity index is 2880. The number of anilines is 3. The van der Waals surface area contributed by atoms with E-state index < -0.39 is 0 Å². The second-order valence-corrected chi connectivity index (χ2v) is 17.7.